The SMILES string of the molecule is O=C([O-])CCc1nc(-c2ccccc2)c(-c2ccccc2)o1.[Na+]. The predicted octanol–water partition coefficient (Wildman–Crippen LogP) is -0.305. The van der Waals surface area contributed by atoms with Gasteiger partial charge in [0.15, 0.2) is 11.7 Å². The molecule has 3 rings (SSSR count). The number of carboxylic acids is 1. The van der Waals surface area contributed by atoms with Crippen LogP contribution in [0.5, 0.6) is 0 Å². The van der Waals surface area contributed by atoms with Crippen molar-refractivity contribution in [2.45, 2.75) is 12.8 Å². The number of aliphatic carboxylic acids is 1. The summed E-state index contributed by atoms with van der Waals surface area (Å²) in [6.07, 6.45) is 0.109. The fourth-order valence-corrected chi connectivity index (χ4v) is 2.26. The van der Waals surface area contributed by atoms with Gasteiger partial charge in [-0.3, -0.25) is 0 Å². The number of oxazole rings is 1. The fraction of sp³-hybridized carbons (Fsp3) is 0.111. The summed E-state index contributed by atoms with van der Waals surface area (Å²) in [4.78, 5) is 15.1. The van der Waals surface area contributed by atoms with Gasteiger partial charge < -0.3 is 14.3 Å². The van der Waals surface area contributed by atoms with Gasteiger partial charge in [-0.1, -0.05) is 60.7 Å². The second-order valence-electron chi connectivity index (χ2n) is 4.89. The molecule has 0 atom stereocenters. The van der Waals surface area contributed by atoms with Gasteiger partial charge in [0.25, 0.3) is 0 Å². The Morgan fingerprint density at radius 3 is 2.09 bits per heavy atom. The van der Waals surface area contributed by atoms with E-state index in [1.807, 2.05) is 60.7 Å². The van der Waals surface area contributed by atoms with E-state index in [2.05, 4.69) is 4.98 Å². The second kappa shape index (κ2) is 8.11. The van der Waals surface area contributed by atoms with Gasteiger partial charge in [-0.2, -0.15) is 0 Å². The number of carbonyl (C=O) groups is 1. The van der Waals surface area contributed by atoms with E-state index in [0.29, 0.717) is 11.7 Å². The van der Waals surface area contributed by atoms with Gasteiger partial charge in [0.2, 0.25) is 0 Å². The van der Waals surface area contributed by atoms with Gasteiger partial charge in [-0.25, -0.2) is 4.98 Å². The molecule has 23 heavy (non-hydrogen) atoms. The van der Waals surface area contributed by atoms with E-state index < -0.39 is 5.97 Å². The number of aromatic nitrogens is 1. The molecule has 0 radical (unpaired) electrons. The summed E-state index contributed by atoms with van der Waals surface area (Å²) in [6, 6.07) is 19.4. The molecule has 0 unspecified atom stereocenters. The van der Waals surface area contributed by atoms with Crippen LogP contribution >= 0.6 is 0 Å². The van der Waals surface area contributed by atoms with Crippen LogP contribution in [0.3, 0.4) is 0 Å². The van der Waals surface area contributed by atoms with Gasteiger partial charge in [0, 0.05) is 23.5 Å². The first kappa shape index (κ1) is 17.5. The largest absolute Gasteiger partial charge is 1.00 e. The van der Waals surface area contributed by atoms with Crippen LogP contribution in [-0.2, 0) is 11.2 Å². The van der Waals surface area contributed by atoms with Crippen molar-refractivity contribution >= 4 is 5.97 Å². The van der Waals surface area contributed by atoms with Gasteiger partial charge in [-0.05, 0) is 6.42 Å². The van der Waals surface area contributed by atoms with Crippen molar-refractivity contribution in [1.82, 2.24) is 4.98 Å². The summed E-state index contributed by atoms with van der Waals surface area (Å²) >= 11 is 0. The number of aryl methyl sites for hydroxylation is 1. The zero-order chi connectivity index (χ0) is 15.4. The van der Waals surface area contributed by atoms with E-state index in [1.54, 1.807) is 0 Å². The molecule has 0 N–H and O–H groups in total. The predicted molar refractivity (Wildman–Crippen MR) is 80.7 cm³/mol. The Hall–Kier alpha value is -1.88. The average molecular weight is 315 g/mol. The molecule has 5 heteroatoms. The van der Waals surface area contributed by atoms with Crippen molar-refractivity contribution < 1.29 is 43.9 Å². The van der Waals surface area contributed by atoms with E-state index in [1.165, 1.54) is 0 Å². The molecule has 110 valence electrons. The molecule has 1 heterocycles. The molecule has 2 aromatic carbocycles. The van der Waals surface area contributed by atoms with Gasteiger partial charge in [-0.15, -0.1) is 0 Å². The molecule has 1 aromatic heterocycles. The summed E-state index contributed by atoms with van der Waals surface area (Å²) in [5.41, 5.74) is 2.57. The van der Waals surface area contributed by atoms with Gasteiger partial charge in [0.1, 0.15) is 5.69 Å². The molecular formula is C18H14NNaO3. The number of benzene rings is 2. The molecule has 0 saturated carbocycles. The Balaban J connectivity index is 0.00000192. The number of rotatable bonds is 5. The van der Waals surface area contributed by atoms with Crippen LogP contribution in [-0.4, -0.2) is 11.0 Å². The summed E-state index contributed by atoms with van der Waals surface area (Å²) in [7, 11) is 0. The zero-order valence-corrected chi connectivity index (χ0v) is 14.9. The van der Waals surface area contributed by atoms with Crippen molar-refractivity contribution in [2.24, 2.45) is 0 Å². The summed E-state index contributed by atoms with van der Waals surface area (Å²) in [5, 5.41) is 10.6. The number of hydrogen-bond donors (Lipinski definition) is 0. The van der Waals surface area contributed by atoms with E-state index in [4.69, 9.17) is 4.42 Å². The molecular weight excluding hydrogens is 301 g/mol. The first-order valence-electron chi connectivity index (χ1n) is 7.04. The van der Waals surface area contributed by atoms with E-state index >= 15 is 0 Å². The minimum Gasteiger partial charge on any atom is -0.550 e. The fourth-order valence-electron chi connectivity index (χ4n) is 2.26. The first-order chi connectivity index (χ1) is 10.7. The monoisotopic (exact) mass is 315 g/mol. The number of nitrogens with zero attached hydrogens (tertiary/aromatic N) is 1. The normalized spacial score (nSPS) is 10.1. The van der Waals surface area contributed by atoms with E-state index in [-0.39, 0.29) is 42.4 Å². The summed E-state index contributed by atoms with van der Waals surface area (Å²) in [6.45, 7) is 0. The molecule has 3 aromatic rings. The van der Waals surface area contributed by atoms with Crippen LogP contribution in [0.15, 0.2) is 65.1 Å². The standard InChI is InChI=1S/C18H15NO3.Na/c20-16(21)12-11-15-19-17(13-7-3-1-4-8-13)18(22-15)14-9-5-2-6-10-14;/h1-10H,11-12H2,(H,20,21);/q;+1/p-1. The molecule has 0 aliphatic heterocycles. The maximum absolute atomic E-state index is 10.6. The van der Waals surface area contributed by atoms with Crippen molar-refractivity contribution in [3.05, 3.63) is 66.6 Å². The third-order valence-corrected chi connectivity index (χ3v) is 3.30. The summed E-state index contributed by atoms with van der Waals surface area (Å²) < 4.78 is 5.80. The summed E-state index contributed by atoms with van der Waals surface area (Å²) in [5.74, 6) is -0.0530. The van der Waals surface area contributed by atoms with Crippen LogP contribution < -0.4 is 34.7 Å². The van der Waals surface area contributed by atoms with Gasteiger partial charge >= 0.3 is 29.6 Å². The van der Waals surface area contributed by atoms with Crippen LogP contribution in [0.25, 0.3) is 22.6 Å². The Labute approximate surface area is 156 Å². The van der Waals surface area contributed by atoms with E-state index in [0.717, 1.165) is 16.8 Å². The average Bonchev–Trinajstić information content (AvgIpc) is 2.99. The Morgan fingerprint density at radius 1 is 0.957 bits per heavy atom. The molecule has 4 nitrogen and oxygen atoms in total. The Morgan fingerprint density at radius 2 is 1.52 bits per heavy atom. The molecule has 0 fully saturated rings. The third-order valence-electron chi connectivity index (χ3n) is 3.30. The minimum absolute atomic E-state index is 0. The van der Waals surface area contributed by atoms with Crippen molar-refractivity contribution in [3.63, 3.8) is 0 Å². The molecule has 0 bridgehead atoms. The zero-order valence-electron chi connectivity index (χ0n) is 12.9. The number of carbonyl (C=O) groups excluding carboxylic acids is 1. The molecule has 0 aliphatic carbocycles. The van der Waals surface area contributed by atoms with Crippen LogP contribution in [0, 0.1) is 0 Å². The second-order valence-corrected chi connectivity index (χ2v) is 4.89. The molecule has 0 spiro atoms. The Bertz CT molecular complexity index is 712. The van der Waals surface area contributed by atoms with Crippen LogP contribution in [0.2, 0.25) is 0 Å². The smallest absolute Gasteiger partial charge is 0.550 e. The number of carboxylic acid groups (broad SMARTS) is 1. The quantitative estimate of drug-likeness (QED) is 0.606. The molecule has 0 aliphatic rings. The molecule has 0 amide bonds. The van der Waals surface area contributed by atoms with Crippen LogP contribution in [0.1, 0.15) is 12.3 Å². The Kier molecular flexibility index (Phi) is 6.16. The van der Waals surface area contributed by atoms with Gasteiger partial charge in [0.05, 0.1) is 0 Å². The van der Waals surface area contributed by atoms with Crippen LogP contribution in [0.4, 0.5) is 0 Å². The van der Waals surface area contributed by atoms with Crippen molar-refractivity contribution in [1.29, 1.82) is 0 Å². The topological polar surface area (TPSA) is 66.2 Å². The number of hydrogen-bond acceptors (Lipinski definition) is 4. The maximum atomic E-state index is 10.6. The third kappa shape index (κ3) is 4.32. The molecule has 0 saturated heterocycles. The van der Waals surface area contributed by atoms with E-state index in [9.17, 15) is 9.90 Å². The van der Waals surface area contributed by atoms with Crippen molar-refractivity contribution in [3.8, 4) is 22.6 Å². The minimum atomic E-state index is -1.11. The first-order valence-corrected chi connectivity index (χ1v) is 7.04. The van der Waals surface area contributed by atoms with Crippen molar-refractivity contribution in [2.75, 3.05) is 0 Å². The maximum Gasteiger partial charge on any atom is 1.00 e.